The normalized spacial score (nSPS) is 35.4. The Hall–Kier alpha value is 0.0300. The van der Waals surface area contributed by atoms with Gasteiger partial charge in [-0.3, -0.25) is 0 Å². The van der Waals surface area contributed by atoms with Crippen LogP contribution >= 0.6 is 11.6 Å². The number of rotatable bonds is 3. The van der Waals surface area contributed by atoms with Crippen LogP contribution in [0.15, 0.2) is 12.2 Å². The first-order valence-electron chi connectivity index (χ1n) is 4.80. The molecule has 1 aliphatic carbocycles. The third-order valence-corrected chi connectivity index (χ3v) is 3.30. The highest BCUT2D eigenvalue weighted by Crippen LogP contribution is 2.44. The molecule has 0 radical (unpaired) electrons. The molecular weight excluding hydrogens is 168 g/mol. The Kier molecular flexibility index (Phi) is 3.22. The highest BCUT2D eigenvalue weighted by molar-refractivity contribution is 6.20. The summed E-state index contributed by atoms with van der Waals surface area (Å²) >= 11 is 6.09. The Bertz CT molecular complexity index is 174. The zero-order chi connectivity index (χ0) is 9.19. The minimum atomic E-state index is 0.431. The van der Waals surface area contributed by atoms with Crippen LogP contribution in [0, 0.1) is 5.41 Å². The summed E-state index contributed by atoms with van der Waals surface area (Å²) in [6.45, 7) is 8.40. The maximum absolute atomic E-state index is 6.09. The van der Waals surface area contributed by atoms with E-state index < -0.39 is 0 Å². The number of hydrogen-bond donors (Lipinski definition) is 0. The summed E-state index contributed by atoms with van der Waals surface area (Å²) in [5, 5.41) is 0.431. The van der Waals surface area contributed by atoms with Crippen LogP contribution < -0.4 is 0 Å². The third kappa shape index (κ3) is 2.82. The van der Waals surface area contributed by atoms with Crippen LogP contribution in [0.4, 0.5) is 0 Å². The fourth-order valence-electron chi connectivity index (χ4n) is 1.99. The molecule has 12 heavy (non-hydrogen) atoms. The van der Waals surface area contributed by atoms with E-state index in [4.69, 9.17) is 11.6 Å². The highest BCUT2D eigenvalue weighted by atomic mass is 35.5. The second-order valence-corrected chi connectivity index (χ2v) is 5.23. The van der Waals surface area contributed by atoms with E-state index in [1.807, 2.05) is 0 Å². The van der Waals surface area contributed by atoms with E-state index in [9.17, 15) is 0 Å². The molecule has 0 saturated heterocycles. The van der Waals surface area contributed by atoms with Crippen molar-refractivity contribution in [1.82, 2.24) is 0 Å². The molecule has 0 spiro atoms. The van der Waals surface area contributed by atoms with Crippen molar-refractivity contribution in [2.75, 3.05) is 0 Å². The highest BCUT2D eigenvalue weighted by Gasteiger charge is 2.33. The number of halogens is 1. The Morgan fingerprint density at radius 1 is 1.67 bits per heavy atom. The molecule has 0 aromatic carbocycles. The van der Waals surface area contributed by atoms with E-state index in [2.05, 4.69) is 20.4 Å². The molecule has 2 unspecified atom stereocenters. The van der Waals surface area contributed by atoms with Crippen molar-refractivity contribution in [3.05, 3.63) is 12.2 Å². The van der Waals surface area contributed by atoms with Gasteiger partial charge in [0, 0.05) is 5.38 Å². The lowest BCUT2D eigenvalue weighted by molar-refractivity contribution is 0.309. The van der Waals surface area contributed by atoms with Crippen molar-refractivity contribution in [3.63, 3.8) is 0 Å². The summed E-state index contributed by atoms with van der Waals surface area (Å²) in [5.41, 5.74) is 1.81. The summed E-state index contributed by atoms with van der Waals surface area (Å²) < 4.78 is 0. The van der Waals surface area contributed by atoms with E-state index in [-0.39, 0.29) is 0 Å². The molecule has 70 valence electrons. The van der Waals surface area contributed by atoms with Crippen LogP contribution in [-0.4, -0.2) is 5.38 Å². The largest absolute Gasteiger partial charge is 0.123 e. The van der Waals surface area contributed by atoms with Gasteiger partial charge >= 0.3 is 0 Å². The second-order valence-electron chi connectivity index (χ2n) is 4.61. The summed E-state index contributed by atoms with van der Waals surface area (Å²) in [6.07, 6.45) is 6.14. The Balaban J connectivity index is 2.35. The second kappa shape index (κ2) is 3.83. The molecule has 0 amide bonds. The number of alkyl halides is 1. The molecule has 0 nitrogen and oxygen atoms in total. The first kappa shape index (κ1) is 10.1. The van der Waals surface area contributed by atoms with Crippen molar-refractivity contribution in [2.24, 2.45) is 5.41 Å². The maximum atomic E-state index is 6.09. The van der Waals surface area contributed by atoms with Crippen molar-refractivity contribution in [1.29, 1.82) is 0 Å². The molecule has 0 aromatic heterocycles. The van der Waals surface area contributed by atoms with Crippen LogP contribution in [0.3, 0.4) is 0 Å². The zero-order valence-electron chi connectivity index (χ0n) is 8.20. The maximum Gasteiger partial charge on any atom is 0.0341 e. The van der Waals surface area contributed by atoms with Crippen LogP contribution in [-0.2, 0) is 0 Å². The predicted molar refractivity (Wildman–Crippen MR) is 55.6 cm³/mol. The van der Waals surface area contributed by atoms with Crippen molar-refractivity contribution < 1.29 is 0 Å². The average molecular weight is 187 g/mol. The standard InChI is InChI=1S/C11H19Cl/c1-9(2)4-6-11(3)7-5-10(12)8-11/h10H,1,4-8H2,2-3H3. The molecule has 2 atom stereocenters. The lowest BCUT2D eigenvalue weighted by Gasteiger charge is -2.23. The third-order valence-electron chi connectivity index (χ3n) is 2.93. The van der Waals surface area contributed by atoms with Gasteiger partial charge < -0.3 is 0 Å². The van der Waals surface area contributed by atoms with Gasteiger partial charge in [-0.25, -0.2) is 0 Å². The van der Waals surface area contributed by atoms with Crippen LogP contribution in [0.2, 0.25) is 0 Å². The van der Waals surface area contributed by atoms with Crippen molar-refractivity contribution in [2.45, 2.75) is 51.3 Å². The lowest BCUT2D eigenvalue weighted by atomic mass is 9.83. The zero-order valence-corrected chi connectivity index (χ0v) is 8.95. The van der Waals surface area contributed by atoms with Crippen molar-refractivity contribution in [3.8, 4) is 0 Å². The summed E-state index contributed by atoms with van der Waals surface area (Å²) in [7, 11) is 0. The van der Waals surface area contributed by atoms with Gasteiger partial charge in [0.1, 0.15) is 0 Å². The average Bonchev–Trinajstić information content (AvgIpc) is 2.29. The smallest absolute Gasteiger partial charge is 0.0341 e. The van der Waals surface area contributed by atoms with E-state index in [1.54, 1.807) is 0 Å². The van der Waals surface area contributed by atoms with Gasteiger partial charge in [0.25, 0.3) is 0 Å². The van der Waals surface area contributed by atoms with Gasteiger partial charge in [-0.15, -0.1) is 18.2 Å². The summed E-state index contributed by atoms with van der Waals surface area (Å²) in [6, 6.07) is 0. The molecular formula is C11H19Cl. The molecule has 1 aliphatic rings. The molecule has 1 saturated carbocycles. The van der Waals surface area contributed by atoms with Gasteiger partial charge in [0.2, 0.25) is 0 Å². The topological polar surface area (TPSA) is 0 Å². The minimum Gasteiger partial charge on any atom is -0.123 e. The quantitative estimate of drug-likeness (QED) is 0.459. The van der Waals surface area contributed by atoms with Gasteiger partial charge in [0.05, 0.1) is 0 Å². The summed E-state index contributed by atoms with van der Waals surface area (Å²) in [4.78, 5) is 0. The summed E-state index contributed by atoms with van der Waals surface area (Å²) in [5.74, 6) is 0. The van der Waals surface area contributed by atoms with Crippen molar-refractivity contribution >= 4 is 11.6 Å². The molecule has 1 fully saturated rings. The number of allylic oxidation sites excluding steroid dienone is 1. The molecule has 1 heteroatoms. The molecule has 0 bridgehead atoms. The minimum absolute atomic E-state index is 0.431. The van der Waals surface area contributed by atoms with Gasteiger partial charge in [0.15, 0.2) is 0 Å². The van der Waals surface area contributed by atoms with Gasteiger partial charge in [-0.2, -0.15) is 0 Å². The Morgan fingerprint density at radius 2 is 2.33 bits per heavy atom. The molecule has 0 N–H and O–H groups in total. The van der Waals surface area contributed by atoms with Gasteiger partial charge in [-0.05, 0) is 44.4 Å². The first-order valence-corrected chi connectivity index (χ1v) is 5.24. The Morgan fingerprint density at radius 3 is 2.75 bits per heavy atom. The fraction of sp³-hybridized carbons (Fsp3) is 0.818. The SMILES string of the molecule is C=C(C)CCC1(C)CCC(Cl)C1. The van der Waals surface area contributed by atoms with E-state index in [1.165, 1.54) is 37.7 Å². The number of hydrogen-bond acceptors (Lipinski definition) is 0. The lowest BCUT2D eigenvalue weighted by Crippen LogP contribution is -2.11. The molecule has 0 aliphatic heterocycles. The van der Waals surface area contributed by atoms with Gasteiger partial charge in [-0.1, -0.05) is 12.5 Å². The molecule has 0 heterocycles. The van der Waals surface area contributed by atoms with E-state index in [0.29, 0.717) is 10.8 Å². The van der Waals surface area contributed by atoms with Crippen LogP contribution in [0.25, 0.3) is 0 Å². The monoisotopic (exact) mass is 186 g/mol. The van der Waals surface area contributed by atoms with Crippen LogP contribution in [0.1, 0.15) is 46.0 Å². The fourth-order valence-corrected chi connectivity index (χ4v) is 2.47. The molecule has 0 aromatic rings. The van der Waals surface area contributed by atoms with Crippen LogP contribution in [0.5, 0.6) is 0 Å². The predicted octanol–water partition coefficient (Wildman–Crippen LogP) is 4.14. The first-order chi connectivity index (χ1) is 5.52. The van der Waals surface area contributed by atoms with E-state index in [0.717, 1.165) is 0 Å². The van der Waals surface area contributed by atoms with E-state index >= 15 is 0 Å². The molecule has 1 rings (SSSR count). The Labute approximate surface area is 81.0 Å².